The number of anilines is 1. The summed E-state index contributed by atoms with van der Waals surface area (Å²) in [5, 5.41) is 21.2. The van der Waals surface area contributed by atoms with E-state index < -0.39 is 5.60 Å². The number of rotatable bonds is 9. The molecule has 222 valence electrons. The van der Waals surface area contributed by atoms with Crippen LogP contribution in [0.25, 0.3) is 11.3 Å². The molecule has 0 bridgehead atoms. The summed E-state index contributed by atoms with van der Waals surface area (Å²) in [7, 11) is 1.60. The van der Waals surface area contributed by atoms with Gasteiger partial charge in [-0.3, -0.25) is 9.97 Å². The monoisotopic (exact) mass is 599 g/mol. The van der Waals surface area contributed by atoms with E-state index in [4.69, 9.17) is 19.2 Å². The van der Waals surface area contributed by atoms with Crippen molar-refractivity contribution in [2.45, 2.75) is 37.2 Å². The summed E-state index contributed by atoms with van der Waals surface area (Å²) in [6, 6.07) is 13.8. The minimum absolute atomic E-state index is 0.0833. The van der Waals surface area contributed by atoms with Gasteiger partial charge in [-0.1, -0.05) is 17.8 Å². The second kappa shape index (κ2) is 12.5. The number of pyridine rings is 3. The van der Waals surface area contributed by atoms with Crippen LogP contribution < -0.4 is 9.64 Å². The van der Waals surface area contributed by atoms with Crippen molar-refractivity contribution in [2.75, 3.05) is 51.4 Å². The minimum Gasteiger partial charge on any atom is -0.490 e. The van der Waals surface area contributed by atoms with E-state index in [1.807, 2.05) is 43.9 Å². The van der Waals surface area contributed by atoms with Crippen LogP contribution in [0.3, 0.4) is 0 Å². The molecule has 5 rings (SSSR count). The zero-order valence-corrected chi connectivity index (χ0v) is 25.5. The normalized spacial score (nSPS) is 15.2. The molecule has 0 atom stereocenters. The molecule has 1 amide bonds. The van der Waals surface area contributed by atoms with Crippen LogP contribution in [0.4, 0.5) is 10.6 Å². The zero-order chi connectivity index (χ0) is 30.6. The molecule has 0 aliphatic carbocycles. The number of hydrogen-bond donors (Lipinski definition) is 0. The Morgan fingerprint density at radius 1 is 1.05 bits per heavy atom. The summed E-state index contributed by atoms with van der Waals surface area (Å²) < 4.78 is 16.2. The lowest BCUT2D eigenvalue weighted by atomic mass is 9.73. The average Bonchev–Trinajstić information content (AvgIpc) is 2.94. The van der Waals surface area contributed by atoms with Crippen molar-refractivity contribution < 1.29 is 19.0 Å². The number of carbonyl (C=O) groups excluding carboxylic acids is 1. The minimum atomic E-state index is -0.554. The molecule has 12 heteroatoms. The molecule has 2 aliphatic rings. The van der Waals surface area contributed by atoms with Crippen LogP contribution in [-0.4, -0.2) is 78.0 Å². The van der Waals surface area contributed by atoms with E-state index >= 15 is 0 Å². The Morgan fingerprint density at radius 3 is 2.42 bits per heavy atom. The molecule has 0 saturated carbocycles. The lowest BCUT2D eigenvalue weighted by molar-refractivity contribution is -0.0455. The Kier molecular flexibility index (Phi) is 8.71. The predicted octanol–water partition coefficient (Wildman–Crippen LogP) is 4.66. The summed E-state index contributed by atoms with van der Waals surface area (Å²) in [4.78, 5) is 30.1. The molecule has 43 heavy (non-hydrogen) atoms. The van der Waals surface area contributed by atoms with E-state index in [1.165, 1.54) is 11.8 Å². The Balaban J connectivity index is 1.44. The van der Waals surface area contributed by atoms with E-state index in [1.54, 1.807) is 36.5 Å². The Bertz CT molecular complexity index is 1550. The first-order chi connectivity index (χ1) is 20.6. The lowest BCUT2D eigenvalue weighted by Gasteiger charge is -2.60. The highest BCUT2D eigenvalue weighted by molar-refractivity contribution is 7.98. The smallest absolute Gasteiger partial charge is 0.410 e. The number of nitrogens with zero attached hydrogens (tertiary/aromatic N) is 7. The molecule has 0 unspecified atom stereocenters. The average molecular weight is 600 g/mol. The number of ether oxygens (including phenoxy) is 3. The fraction of sp³-hybridized carbons (Fsp3) is 0.419. The molecule has 0 radical (unpaired) electrons. The van der Waals surface area contributed by atoms with Gasteiger partial charge in [0, 0.05) is 56.2 Å². The van der Waals surface area contributed by atoms with Gasteiger partial charge in [0.15, 0.2) is 0 Å². The van der Waals surface area contributed by atoms with Crippen molar-refractivity contribution in [3.8, 4) is 29.1 Å². The fourth-order valence-corrected chi connectivity index (χ4v) is 6.06. The van der Waals surface area contributed by atoms with Gasteiger partial charge in [0.1, 0.15) is 46.5 Å². The van der Waals surface area contributed by atoms with Crippen LogP contribution in [0.1, 0.15) is 37.6 Å². The molecule has 0 N–H and O–H groups in total. The third-order valence-electron chi connectivity index (χ3n) is 7.06. The van der Waals surface area contributed by atoms with E-state index in [-0.39, 0.29) is 22.6 Å². The van der Waals surface area contributed by atoms with Crippen LogP contribution >= 0.6 is 11.8 Å². The van der Waals surface area contributed by atoms with Gasteiger partial charge < -0.3 is 24.0 Å². The van der Waals surface area contributed by atoms with E-state index in [2.05, 4.69) is 22.1 Å². The lowest BCUT2D eigenvalue weighted by Crippen LogP contribution is -2.73. The first-order valence-electron chi connectivity index (χ1n) is 13.9. The Labute approximate surface area is 255 Å². The van der Waals surface area contributed by atoms with Crippen molar-refractivity contribution in [2.24, 2.45) is 5.41 Å². The maximum atomic E-state index is 12.5. The molecule has 0 aromatic carbocycles. The molecule has 3 aromatic heterocycles. The van der Waals surface area contributed by atoms with E-state index in [0.29, 0.717) is 73.0 Å². The molecule has 2 fully saturated rings. The maximum absolute atomic E-state index is 12.5. The van der Waals surface area contributed by atoms with E-state index in [9.17, 15) is 15.3 Å². The summed E-state index contributed by atoms with van der Waals surface area (Å²) >= 11 is 1.40. The van der Waals surface area contributed by atoms with Crippen LogP contribution in [0, 0.1) is 28.1 Å². The highest BCUT2D eigenvalue weighted by Crippen LogP contribution is 2.45. The molecule has 1 spiro atoms. The number of methoxy groups -OCH3 is 1. The quantitative estimate of drug-likeness (QED) is 0.251. The van der Waals surface area contributed by atoms with Gasteiger partial charge >= 0.3 is 6.09 Å². The van der Waals surface area contributed by atoms with Gasteiger partial charge in [-0.25, -0.2) is 9.78 Å². The van der Waals surface area contributed by atoms with Crippen molar-refractivity contribution in [1.82, 2.24) is 19.9 Å². The first kappa shape index (κ1) is 30.1. The number of carbonyl (C=O) groups is 1. The van der Waals surface area contributed by atoms with Crippen molar-refractivity contribution in [1.29, 1.82) is 10.5 Å². The van der Waals surface area contributed by atoms with Crippen LogP contribution in [0.2, 0.25) is 0 Å². The fourth-order valence-electron chi connectivity index (χ4n) is 5.17. The molecule has 2 aliphatic heterocycles. The van der Waals surface area contributed by atoms with Crippen molar-refractivity contribution in [3.63, 3.8) is 0 Å². The van der Waals surface area contributed by atoms with Crippen LogP contribution in [-0.2, 0) is 15.2 Å². The topological polar surface area (TPSA) is 137 Å². The molecule has 2 saturated heterocycles. The second-order valence-electron chi connectivity index (χ2n) is 11.6. The predicted molar refractivity (Wildman–Crippen MR) is 161 cm³/mol. The number of aromatic nitrogens is 3. The van der Waals surface area contributed by atoms with Gasteiger partial charge in [-0.15, -0.1) is 0 Å². The van der Waals surface area contributed by atoms with Crippen molar-refractivity contribution in [3.05, 3.63) is 59.5 Å². The highest BCUT2D eigenvalue weighted by Gasteiger charge is 2.55. The molecule has 3 aromatic rings. The van der Waals surface area contributed by atoms with Crippen molar-refractivity contribution >= 4 is 23.7 Å². The number of likely N-dealkylation sites (tertiary alicyclic amines) is 1. The largest absolute Gasteiger partial charge is 0.490 e. The number of nitriles is 2. The Hall–Kier alpha value is -4.39. The third kappa shape index (κ3) is 6.66. The van der Waals surface area contributed by atoms with Crippen LogP contribution in [0.15, 0.2) is 47.8 Å². The van der Waals surface area contributed by atoms with Crippen LogP contribution in [0.5, 0.6) is 5.75 Å². The molecule has 11 nitrogen and oxygen atoms in total. The first-order valence-corrected chi connectivity index (χ1v) is 14.9. The highest BCUT2D eigenvalue weighted by atomic mass is 32.2. The number of amides is 1. The summed E-state index contributed by atoms with van der Waals surface area (Å²) in [6.45, 7) is 8.78. The van der Waals surface area contributed by atoms with Gasteiger partial charge in [-0.05, 0) is 45.0 Å². The molecule has 5 heterocycles. The summed E-state index contributed by atoms with van der Waals surface area (Å²) in [5.74, 6) is 1.56. The summed E-state index contributed by atoms with van der Waals surface area (Å²) in [5.41, 5.74) is 1.70. The third-order valence-corrected chi connectivity index (χ3v) is 8.07. The second-order valence-corrected chi connectivity index (χ2v) is 12.6. The SMILES string of the molecule is COCCOc1ccc(-c2c(C#N)c(SCc3ccccn3)nc(N3CC4(CN(C(=O)OC(C)(C)C)C4)C3)c2C#N)nc1. The van der Waals surface area contributed by atoms with E-state index in [0.717, 1.165) is 5.69 Å². The van der Waals surface area contributed by atoms with Gasteiger partial charge in [-0.2, -0.15) is 10.5 Å². The number of hydrogen-bond acceptors (Lipinski definition) is 11. The number of thioether (sulfide) groups is 1. The van der Waals surface area contributed by atoms with Gasteiger partial charge in [0.25, 0.3) is 0 Å². The summed E-state index contributed by atoms with van der Waals surface area (Å²) in [6.07, 6.45) is 2.98. The van der Waals surface area contributed by atoms with Gasteiger partial charge in [0.05, 0.1) is 29.8 Å². The molecular formula is C31H33N7O4S. The maximum Gasteiger partial charge on any atom is 0.410 e. The zero-order valence-electron chi connectivity index (χ0n) is 24.7. The molecular weight excluding hydrogens is 566 g/mol. The standard InChI is InChI=1S/C31H33N7O4S/c1-30(2,3)42-29(39)38-19-31(20-38)17-37(18-31)27-23(13-32)26(25-9-8-22(15-35-25)41-12-11-40-4)24(14-33)28(36-27)43-16-21-7-5-6-10-34-21/h5-10,15H,11-12,16-20H2,1-4H3. The van der Waals surface area contributed by atoms with Gasteiger partial charge in [0.2, 0.25) is 0 Å². The Morgan fingerprint density at radius 2 is 1.81 bits per heavy atom.